The van der Waals surface area contributed by atoms with Gasteiger partial charge >= 0.3 is 0 Å². The molecule has 0 unspecified atom stereocenters. The number of rotatable bonds is 6. The number of carbonyl (C=O) groups excluding carboxylic acids is 2. The van der Waals surface area contributed by atoms with Crippen molar-refractivity contribution in [3.05, 3.63) is 35.4 Å². The highest BCUT2D eigenvalue weighted by Crippen LogP contribution is 2.11. The molecule has 0 bridgehead atoms. The van der Waals surface area contributed by atoms with Gasteiger partial charge in [0.05, 0.1) is 6.10 Å². The minimum Gasteiger partial charge on any atom is -0.392 e. The monoisotopic (exact) mass is 333 g/mol. The quantitative estimate of drug-likeness (QED) is 0.810. The zero-order valence-corrected chi connectivity index (χ0v) is 14.5. The number of aliphatic hydroxyl groups is 1. The van der Waals surface area contributed by atoms with E-state index in [1.165, 1.54) is 6.92 Å². The van der Waals surface area contributed by atoms with Crippen LogP contribution in [0.1, 0.15) is 36.2 Å². The predicted molar refractivity (Wildman–Crippen MR) is 92.6 cm³/mol. The lowest BCUT2D eigenvalue weighted by Gasteiger charge is -2.35. The normalized spacial score (nSPS) is 16.7. The first kappa shape index (κ1) is 18.4. The largest absolute Gasteiger partial charge is 0.392 e. The number of aliphatic hydroxyl groups excluding tert-OH is 1. The summed E-state index contributed by atoms with van der Waals surface area (Å²) >= 11 is 0. The van der Waals surface area contributed by atoms with Crippen LogP contribution in [0.3, 0.4) is 0 Å². The highest BCUT2D eigenvalue weighted by molar-refractivity contribution is 5.94. The van der Waals surface area contributed by atoms with Crippen LogP contribution in [-0.4, -0.2) is 65.5 Å². The molecular weight excluding hydrogens is 306 g/mol. The molecular formula is C18H27N3O3. The molecule has 2 rings (SSSR count). The third-order valence-corrected chi connectivity index (χ3v) is 4.34. The van der Waals surface area contributed by atoms with Crippen molar-refractivity contribution < 1.29 is 14.7 Å². The van der Waals surface area contributed by atoms with E-state index < -0.39 is 0 Å². The second-order valence-electron chi connectivity index (χ2n) is 6.26. The van der Waals surface area contributed by atoms with Gasteiger partial charge < -0.3 is 15.3 Å². The highest BCUT2D eigenvalue weighted by Gasteiger charge is 2.22. The molecule has 0 aromatic heterocycles. The average molecular weight is 333 g/mol. The van der Waals surface area contributed by atoms with Crippen molar-refractivity contribution >= 4 is 11.8 Å². The molecule has 1 heterocycles. The molecule has 1 aromatic carbocycles. The topological polar surface area (TPSA) is 72.9 Å². The lowest BCUT2D eigenvalue weighted by Crippen LogP contribution is -2.50. The lowest BCUT2D eigenvalue weighted by molar-refractivity contribution is -0.119. The van der Waals surface area contributed by atoms with Crippen LogP contribution >= 0.6 is 0 Å². The third kappa shape index (κ3) is 5.32. The zero-order chi connectivity index (χ0) is 17.5. The molecule has 0 saturated carbocycles. The van der Waals surface area contributed by atoms with Crippen molar-refractivity contribution in [1.29, 1.82) is 0 Å². The first-order valence-electron chi connectivity index (χ1n) is 8.52. The van der Waals surface area contributed by atoms with Crippen molar-refractivity contribution in [2.45, 2.75) is 32.9 Å². The minimum absolute atomic E-state index is 0.0387. The SMILES string of the molecule is CC[C@@H](O)CN1CCN(C(=O)c2ccc(CNC(C)=O)cc2)CC1. The Labute approximate surface area is 143 Å². The molecule has 1 atom stereocenters. The lowest BCUT2D eigenvalue weighted by atomic mass is 10.1. The molecule has 1 aliphatic heterocycles. The molecule has 1 aliphatic rings. The molecule has 2 N–H and O–H groups in total. The number of piperazine rings is 1. The maximum absolute atomic E-state index is 12.6. The number of β-amino-alcohol motifs (C(OH)–C–C–N with tert-alkyl or cyclic N) is 1. The number of carbonyl (C=O) groups is 2. The van der Waals surface area contributed by atoms with Crippen LogP contribution in [0.5, 0.6) is 0 Å². The number of amides is 2. The molecule has 2 amide bonds. The number of nitrogens with one attached hydrogen (secondary N) is 1. The number of hydrogen-bond acceptors (Lipinski definition) is 4. The van der Waals surface area contributed by atoms with Gasteiger partial charge in [0.25, 0.3) is 5.91 Å². The fourth-order valence-electron chi connectivity index (χ4n) is 2.73. The van der Waals surface area contributed by atoms with E-state index >= 15 is 0 Å². The zero-order valence-electron chi connectivity index (χ0n) is 14.5. The Morgan fingerprint density at radius 2 is 1.79 bits per heavy atom. The van der Waals surface area contributed by atoms with Gasteiger partial charge in [-0.3, -0.25) is 14.5 Å². The van der Waals surface area contributed by atoms with Gasteiger partial charge in [-0.25, -0.2) is 0 Å². The third-order valence-electron chi connectivity index (χ3n) is 4.34. The molecule has 1 saturated heterocycles. The summed E-state index contributed by atoms with van der Waals surface area (Å²) in [5, 5.41) is 12.5. The number of benzene rings is 1. The van der Waals surface area contributed by atoms with Crippen LogP contribution in [0.2, 0.25) is 0 Å². The molecule has 6 nitrogen and oxygen atoms in total. The Kier molecular flexibility index (Phi) is 6.75. The van der Waals surface area contributed by atoms with Gasteiger partial charge in [-0.2, -0.15) is 0 Å². The van der Waals surface area contributed by atoms with Crippen molar-refractivity contribution in [3.63, 3.8) is 0 Å². The number of hydrogen-bond donors (Lipinski definition) is 2. The van der Waals surface area contributed by atoms with Crippen LogP contribution in [0.15, 0.2) is 24.3 Å². The van der Waals surface area contributed by atoms with E-state index in [9.17, 15) is 14.7 Å². The van der Waals surface area contributed by atoms with Gasteiger partial charge in [-0.05, 0) is 24.1 Å². The Hall–Kier alpha value is -1.92. The fourth-order valence-corrected chi connectivity index (χ4v) is 2.73. The minimum atomic E-state index is -0.289. The molecule has 1 fully saturated rings. The smallest absolute Gasteiger partial charge is 0.253 e. The van der Waals surface area contributed by atoms with Crippen molar-refractivity contribution in [3.8, 4) is 0 Å². The summed E-state index contributed by atoms with van der Waals surface area (Å²) in [6.45, 7) is 7.56. The van der Waals surface area contributed by atoms with E-state index in [1.54, 1.807) is 0 Å². The van der Waals surface area contributed by atoms with Gasteiger partial charge in [0, 0.05) is 51.8 Å². The summed E-state index contributed by atoms with van der Waals surface area (Å²) in [6.07, 6.45) is 0.465. The summed E-state index contributed by atoms with van der Waals surface area (Å²) < 4.78 is 0. The van der Waals surface area contributed by atoms with E-state index in [1.807, 2.05) is 36.1 Å². The summed E-state index contributed by atoms with van der Waals surface area (Å²) in [6, 6.07) is 7.37. The number of nitrogens with zero attached hydrogens (tertiary/aromatic N) is 2. The first-order chi connectivity index (χ1) is 11.5. The van der Waals surface area contributed by atoms with Gasteiger partial charge in [0.15, 0.2) is 0 Å². The van der Waals surface area contributed by atoms with E-state index in [2.05, 4.69) is 10.2 Å². The van der Waals surface area contributed by atoms with Crippen molar-refractivity contribution in [2.24, 2.45) is 0 Å². The van der Waals surface area contributed by atoms with Crippen molar-refractivity contribution in [2.75, 3.05) is 32.7 Å². The average Bonchev–Trinajstić information content (AvgIpc) is 2.60. The molecule has 24 heavy (non-hydrogen) atoms. The second kappa shape index (κ2) is 8.80. The van der Waals surface area contributed by atoms with Crippen molar-refractivity contribution in [1.82, 2.24) is 15.1 Å². The summed E-state index contributed by atoms with van der Waals surface area (Å²) in [7, 11) is 0. The molecule has 6 heteroatoms. The van der Waals surface area contributed by atoms with Crippen LogP contribution < -0.4 is 5.32 Å². The van der Waals surface area contributed by atoms with Gasteiger partial charge in [-0.15, -0.1) is 0 Å². The molecule has 0 aliphatic carbocycles. The fraction of sp³-hybridized carbons (Fsp3) is 0.556. The molecule has 132 valence electrons. The summed E-state index contributed by atoms with van der Waals surface area (Å²) in [5.41, 5.74) is 1.64. The summed E-state index contributed by atoms with van der Waals surface area (Å²) in [5.74, 6) is -0.0296. The van der Waals surface area contributed by atoms with Crippen LogP contribution in [0, 0.1) is 0 Å². The van der Waals surface area contributed by atoms with Gasteiger partial charge in [-0.1, -0.05) is 19.1 Å². The van der Waals surface area contributed by atoms with E-state index in [4.69, 9.17) is 0 Å². The maximum Gasteiger partial charge on any atom is 0.253 e. The molecule has 0 radical (unpaired) electrons. The van der Waals surface area contributed by atoms with Gasteiger partial charge in [0.1, 0.15) is 0 Å². The molecule has 1 aromatic rings. The van der Waals surface area contributed by atoms with E-state index in [-0.39, 0.29) is 17.9 Å². The Balaban J connectivity index is 1.85. The van der Waals surface area contributed by atoms with Crippen LogP contribution in [0.25, 0.3) is 0 Å². The first-order valence-corrected chi connectivity index (χ1v) is 8.52. The second-order valence-corrected chi connectivity index (χ2v) is 6.26. The standard InChI is InChI=1S/C18H27N3O3/c1-3-17(23)13-20-8-10-21(11-9-20)18(24)16-6-4-15(5-7-16)12-19-14(2)22/h4-7,17,23H,3,8-13H2,1-2H3,(H,19,22)/t17-/m1/s1. The molecule has 0 spiro atoms. The van der Waals surface area contributed by atoms with Gasteiger partial charge in [0.2, 0.25) is 5.91 Å². The Morgan fingerprint density at radius 1 is 1.17 bits per heavy atom. The van der Waals surface area contributed by atoms with E-state index in [0.29, 0.717) is 31.7 Å². The maximum atomic E-state index is 12.6. The summed E-state index contributed by atoms with van der Waals surface area (Å²) in [4.78, 5) is 27.5. The van der Waals surface area contributed by atoms with Crippen LogP contribution in [-0.2, 0) is 11.3 Å². The van der Waals surface area contributed by atoms with Crippen LogP contribution in [0.4, 0.5) is 0 Å². The highest BCUT2D eigenvalue weighted by atomic mass is 16.3. The Morgan fingerprint density at radius 3 is 2.33 bits per heavy atom. The van der Waals surface area contributed by atoms with E-state index in [0.717, 1.165) is 25.1 Å². The Bertz CT molecular complexity index is 551. The predicted octanol–water partition coefficient (Wildman–Crippen LogP) is 0.851.